The van der Waals surface area contributed by atoms with Gasteiger partial charge in [0.2, 0.25) is 0 Å². The van der Waals surface area contributed by atoms with E-state index in [4.69, 9.17) is 17.3 Å². The number of aryl methyl sites for hydroxylation is 1. The maximum absolute atomic E-state index is 6.06. The molecule has 1 aliphatic heterocycles. The van der Waals surface area contributed by atoms with Gasteiger partial charge in [-0.15, -0.1) is 11.8 Å². The number of nitrogen functional groups attached to an aromatic ring is 1. The Morgan fingerprint density at radius 2 is 2.29 bits per heavy atom. The second-order valence-corrected chi connectivity index (χ2v) is 5.57. The fourth-order valence-electron chi connectivity index (χ4n) is 2.07. The molecular weight excluding hydrogens is 254 g/mol. The van der Waals surface area contributed by atoms with E-state index in [0.29, 0.717) is 11.1 Å². The fraction of sp³-hybridized carbons (Fsp3) is 0.250. The van der Waals surface area contributed by atoms with E-state index in [1.165, 1.54) is 22.6 Å². The maximum atomic E-state index is 6.06. The molecule has 88 valence electrons. The summed E-state index contributed by atoms with van der Waals surface area (Å²) in [7, 11) is 0. The first-order chi connectivity index (χ1) is 8.24. The minimum Gasteiger partial charge on any atom is -0.369 e. The van der Waals surface area contributed by atoms with Gasteiger partial charge in [-0.05, 0) is 36.3 Å². The van der Waals surface area contributed by atoms with Crippen LogP contribution in [-0.4, -0.2) is 15.7 Å². The van der Waals surface area contributed by atoms with Gasteiger partial charge in [0.15, 0.2) is 5.95 Å². The molecule has 0 saturated carbocycles. The van der Waals surface area contributed by atoms with E-state index in [2.05, 4.69) is 28.2 Å². The molecule has 3 N–H and O–H groups in total. The third-order valence-electron chi connectivity index (χ3n) is 2.86. The van der Waals surface area contributed by atoms with Crippen LogP contribution in [0.2, 0.25) is 5.15 Å². The van der Waals surface area contributed by atoms with Crippen LogP contribution in [0.15, 0.2) is 23.1 Å². The summed E-state index contributed by atoms with van der Waals surface area (Å²) in [6.07, 6.45) is 2.37. The fourth-order valence-corrected chi connectivity index (χ4v) is 3.34. The lowest BCUT2D eigenvalue weighted by Crippen LogP contribution is -1.98. The Morgan fingerprint density at radius 3 is 3.06 bits per heavy atom. The molecule has 2 aromatic rings. The number of nitrogens with one attached hydrogen (secondary N) is 1. The van der Waals surface area contributed by atoms with Crippen LogP contribution >= 0.6 is 23.4 Å². The zero-order chi connectivity index (χ0) is 11.8. The number of aromatic amines is 1. The summed E-state index contributed by atoms with van der Waals surface area (Å²) in [6, 6.07) is 6.37. The van der Waals surface area contributed by atoms with Crippen LogP contribution in [0.25, 0.3) is 11.3 Å². The molecule has 0 unspecified atom stereocenters. The molecule has 0 saturated heterocycles. The summed E-state index contributed by atoms with van der Waals surface area (Å²) in [6.45, 7) is 0. The molecule has 0 aliphatic carbocycles. The number of fused-ring (bicyclic) bond motifs is 1. The number of halogens is 1. The lowest BCUT2D eigenvalue weighted by atomic mass is 10.0. The largest absolute Gasteiger partial charge is 0.369 e. The van der Waals surface area contributed by atoms with Crippen molar-refractivity contribution in [2.45, 2.75) is 17.7 Å². The summed E-state index contributed by atoms with van der Waals surface area (Å²) < 4.78 is 0. The number of nitrogens with zero attached hydrogens (tertiary/aromatic N) is 1. The van der Waals surface area contributed by atoms with Crippen molar-refractivity contribution in [3.63, 3.8) is 0 Å². The number of hydrogen-bond acceptors (Lipinski definition) is 3. The van der Waals surface area contributed by atoms with Gasteiger partial charge in [0, 0.05) is 10.5 Å². The Kier molecular flexibility index (Phi) is 2.76. The molecule has 1 aromatic carbocycles. The topological polar surface area (TPSA) is 54.7 Å². The van der Waals surface area contributed by atoms with E-state index in [1.54, 1.807) is 0 Å². The average Bonchev–Trinajstić information content (AvgIpc) is 2.68. The van der Waals surface area contributed by atoms with Gasteiger partial charge in [-0.25, -0.2) is 4.98 Å². The van der Waals surface area contributed by atoms with E-state index in [9.17, 15) is 0 Å². The van der Waals surface area contributed by atoms with Crippen LogP contribution in [0.3, 0.4) is 0 Å². The van der Waals surface area contributed by atoms with Crippen LogP contribution in [0, 0.1) is 0 Å². The van der Waals surface area contributed by atoms with E-state index in [1.807, 2.05) is 11.8 Å². The van der Waals surface area contributed by atoms with E-state index in [0.717, 1.165) is 17.7 Å². The minimum absolute atomic E-state index is 0.358. The maximum Gasteiger partial charge on any atom is 0.199 e. The Morgan fingerprint density at radius 1 is 1.41 bits per heavy atom. The van der Waals surface area contributed by atoms with Crippen molar-refractivity contribution in [2.24, 2.45) is 0 Å². The number of thioether (sulfide) groups is 1. The molecule has 0 amide bonds. The number of hydrogen-bond donors (Lipinski definition) is 2. The number of nitrogens with two attached hydrogens (primary N) is 1. The van der Waals surface area contributed by atoms with Crippen molar-refractivity contribution < 1.29 is 0 Å². The van der Waals surface area contributed by atoms with Crippen LogP contribution in [0.5, 0.6) is 0 Å². The normalized spacial score (nSPS) is 14.6. The quantitative estimate of drug-likeness (QED) is 0.831. The van der Waals surface area contributed by atoms with Crippen LogP contribution in [-0.2, 0) is 6.42 Å². The Balaban J connectivity index is 2.06. The predicted molar refractivity (Wildman–Crippen MR) is 72.5 cm³/mol. The molecule has 0 radical (unpaired) electrons. The molecule has 3 nitrogen and oxygen atoms in total. The highest BCUT2D eigenvalue weighted by atomic mass is 35.5. The lowest BCUT2D eigenvalue weighted by molar-refractivity contribution is 0.890. The first-order valence-corrected chi connectivity index (χ1v) is 6.87. The van der Waals surface area contributed by atoms with Crippen molar-refractivity contribution in [1.82, 2.24) is 9.97 Å². The number of H-pyrrole nitrogens is 1. The lowest BCUT2D eigenvalue weighted by Gasteiger charge is -2.15. The minimum atomic E-state index is 0.358. The number of imidazole rings is 1. The van der Waals surface area contributed by atoms with Crippen molar-refractivity contribution >= 4 is 29.3 Å². The average molecular weight is 266 g/mol. The third-order valence-corrected chi connectivity index (χ3v) is 4.34. The third kappa shape index (κ3) is 2.03. The first kappa shape index (κ1) is 11.0. The molecule has 0 fully saturated rings. The first-order valence-electron chi connectivity index (χ1n) is 5.51. The summed E-state index contributed by atoms with van der Waals surface area (Å²) in [5.41, 5.74) is 8.76. The molecule has 0 atom stereocenters. The molecule has 3 rings (SSSR count). The van der Waals surface area contributed by atoms with Crippen LogP contribution < -0.4 is 5.73 Å². The molecular formula is C12H12ClN3S. The second kappa shape index (κ2) is 4.27. The van der Waals surface area contributed by atoms with Gasteiger partial charge in [-0.3, -0.25) is 0 Å². The smallest absolute Gasteiger partial charge is 0.199 e. The highest BCUT2D eigenvalue weighted by Crippen LogP contribution is 2.34. The van der Waals surface area contributed by atoms with E-state index < -0.39 is 0 Å². The van der Waals surface area contributed by atoms with Gasteiger partial charge in [-0.1, -0.05) is 17.7 Å². The Labute approximate surface area is 109 Å². The molecule has 17 heavy (non-hydrogen) atoms. The van der Waals surface area contributed by atoms with Crippen molar-refractivity contribution in [1.29, 1.82) is 0 Å². The van der Waals surface area contributed by atoms with Crippen molar-refractivity contribution in [2.75, 3.05) is 11.5 Å². The Bertz CT molecular complexity index is 565. The second-order valence-electron chi connectivity index (χ2n) is 4.06. The molecule has 0 spiro atoms. The van der Waals surface area contributed by atoms with Crippen LogP contribution in [0.1, 0.15) is 12.0 Å². The summed E-state index contributed by atoms with van der Waals surface area (Å²) in [5.74, 6) is 1.57. The van der Waals surface area contributed by atoms with Gasteiger partial charge in [0.25, 0.3) is 0 Å². The standard InChI is InChI=1S/C12H12ClN3S/c13-11-10(15-12(14)16-11)8-3-4-9-7(6-8)2-1-5-17-9/h3-4,6H,1-2,5H2,(H3,14,15,16). The van der Waals surface area contributed by atoms with Gasteiger partial charge in [0.05, 0.1) is 0 Å². The molecule has 5 heteroatoms. The van der Waals surface area contributed by atoms with Gasteiger partial charge >= 0.3 is 0 Å². The molecule has 0 bridgehead atoms. The zero-order valence-corrected chi connectivity index (χ0v) is 10.7. The summed E-state index contributed by atoms with van der Waals surface area (Å²) in [4.78, 5) is 8.40. The van der Waals surface area contributed by atoms with Crippen LogP contribution in [0.4, 0.5) is 5.95 Å². The SMILES string of the molecule is Nc1nc(-c2ccc3c(c2)CCCS3)c(Cl)[nH]1. The molecule has 1 aromatic heterocycles. The number of rotatable bonds is 1. The monoisotopic (exact) mass is 265 g/mol. The number of benzene rings is 1. The number of anilines is 1. The Hall–Kier alpha value is -1.13. The van der Waals surface area contributed by atoms with E-state index in [-0.39, 0.29) is 0 Å². The van der Waals surface area contributed by atoms with E-state index >= 15 is 0 Å². The highest BCUT2D eigenvalue weighted by Gasteiger charge is 2.14. The van der Waals surface area contributed by atoms with Gasteiger partial charge < -0.3 is 10.7 Å². The zero-order valence-electron chi connectivity index (χ0n) is 9.16. The van der Waals surface area contributed by atoms with Crippen molar-refractivity contribution in [3.8, 4) is 11.3 Å². The van der Waals surface area contributed by atoms with Crippen molar-refractivity contribution in [3.05, 3.63) is 28.9 Å². The van der Waals surface area contributed by atoms with Gasteiger partial charge in [0.1, 0.15) is 10.8 Å². The molecule has 1 aliphatic rings. The predicted octanol–water partition coefficient (Wildman–Crippen LogP) is 3.35. The van der Waals surface area contributed by atoms with Gasteiger partial charge in [-0.2, -0.15) is 0 Å². The number of aromatic nitrogens is 2. The summed E-state index contributed by atoms with van der Waals surface area (Å²) in [5, 5.41) is 0.505. The molecule has 2 heterocycles. The highest BCUT2D eigenvalue weighted by molar-refractivity contribution is 7.99. The summed E-state index contributed by atoms with van der Waals surface area (Å²) >= 11 is 7.98.